The largest absolute Gasteiger partial charge is 0.386 e. The first-order valence-electron chi connectivity index (χ1n) is 5.32. The normalized spacial score (nSPS) is 24.3. The van der Waals surface area contributed by atoms with Gasteiger partial charge < -0.3 is 9.84 Å². The predicted octanol–water partition coefficient (Wildman–Crippen LogP) is -0.350. The van der Waals surface area contributed by atoms with E-state index in [1.807, 2.05) is 0 Å². The summed E-state index contributed by atoms with van der Waals surface area (Å²) in [5.74, 6) is -0.735. The molecule has 2 N–H and O–H groups in total. The second-order valence-corrected chi connectivity index (χ2v) is 5.96. The summed E-state index contributed by atoms with van der Waals surface area (Å²) in [6, 6.07) is 0.866. The van der Waals surface area contributed by atoms with Crippen molar-refractivity contribution in [2.75, 3.05) is 19.8 Å². The van der Waals surface area contributed by atoms with E-state index in [2.05, 4.69) is 9.71 Å². The third kappa shape index (κ3) is 3.02. The van der Waals surface area contributed by atoms with Crippen LogP contribution in [0.15, 0.2) is 23.4 Å². The van der Waals surface area contributed by atoms with Gasteiger partial charge in [0, 0.05) is 25.8 Å². The second-order valence-electron chi connectivity index (χ2n) is 4.19. The number of rotatable bonds is 4. The van der Waals surface area contributed by atoms with Crippen molar-refractivity contribution in [3.8, 4) is 0 Å². The average Bonchev–Trinajstić information content (AvgIpc) is 2.75. The summed E-state index contributed by atoms with van der Waals surface area (Å²) in [7, 11) is -3.88. The van der Waals surface area contributed by atoms with Crippen molar-refractivity contribution < 1.29 is 22.7 Å². The smallest absolute Gasteiger partial charge is 0.242 e. The van der Waals surface area contributed by atoms with E-state index >= 15 is 0 Å². The van der Waals surface area contributed by atoms with Gasteiger partial charge in [-0.05, 0) is 6.07 Å². The Balaban J connectivity index is 2.08. The molecule has 1 aromatic heterocycles. The molecule has 0 saturated carbocycles. The lowest BCUT2D eigenvalue weighted by Gasteiger charge is -2.20. The number of hydrogen-bond acceptors (Lipinski definition) is 5. The van der Waals surface area contributed by atoms with Crippen LogP contribution in [-0.2, 0) is 14.8 Å². The quantitative estimate of drug-likeness (QED) is 0.784. The summed E-state index contributed by atoms with van der Waals surface area (Å²) in [5, 5.41) is 9.91. The molecule has 8 heteroatoms. The zero-order valence-electron chi connectivity index (χ0n) is 9.47. The third-order valence-corrected chi connectivity index (χ3v) is 4.03. The van der Waals surface area contributed by atoms with Gasteiger partial charge in [-0.3, -0.25) is 4.98 Å². The third-order valence-electron chi connectivity index (χ3n) is 2.66. The van der Waals surface area contributed by atoms with Crippen LogP contribution in [0.4, 0.5) is 4.39 Å². The molecule has 100 valence electrons. The molecule has 0 aliphatic carbocycles. The fourth-order valence-electron chi connectivity index (χ4n) is 1.59. The SMILES string of the molecule is O=S(=O)(NCC1(O)CCOC1)c1cncc(F)c1. The summed E-state index contributed by atoms with van der Waals surface area (Å²) in [6.45, 7) is 0.294. The molecule has 1 aromatic rings. The van der Waals surface area contributed by atoms with E-state index < -0.39 is 21.4 Å². The fraction of sp³-hybridized carbons (Fsp3) is 0.500. The van der Waals surface area contributed by atoms with Crippen LogP contribution in [0.2, 0.25) is 0 Å². The molecular formula is C10H13FN2O4S. The van der Waals surface area contributed by atoms with E-state index in [4.69, 9.17) is 4.74 Å². The van der Waals surface area contributed by atoms with Gasteiger partial charge in [-0.1, -0.05) is 0 Å². The number of hydrogen-bond donors (Lipinski definition) is 2. The minimum absolute atomic E-state index is 0.0803. The Bertz CT molecular complexity index is 528. The zero-order chi connectivity index (χ0) is 13.2. The molecule has 18 heavy (non-hydrogen) atoms. The van der Waals surface area contributed by atoms with Gasteiger partial charge in [0.1, 0.15) is 16.3 Å². The summed E-state index contributed by atoms with van der Waals surface area (Å²) in [5.41, 5.74) is -1.20. The molecule has 0 aromatic carbocycles. The first kappa shape index (κ1) is 13.3. The Morgan fingerprint density at radius 3 is 2.94 bits per heavy atom. The van der Waals surface area contributed by atoms with Crippen molar-refractivity contribution in [3.63, 3.8) is 0 Å². The van der Waals surface area contributed by atoms with Gasteiger partial charge >= 0.3 is 0 Å². The number of pyridine rings is 1. The van der Waals surface area contributed by atoms with E-state index in [0.29, 0.717) is 13.0 Å². The van der Waals surface area contributed by atoms with Crippen LogP contribution in [0.5, 0.6) is 0 Å². The molecule has 0 radical (unpaired) electrons. The minimum Gasteiger partial charge on any atom is -0.386 e. The second kappa shape index (κ2) is 4.88. The highest BCUT2D eigenvalue weighted by atomic mass is 32.2. The predicted molar refractivity (Wildman–Crippen MR) is 59.8 cm³/mol. The monoisotopic (exact) mass is 276 g/mol. The Kier molecular flexibility index (Phi) is 3.62. The van der Waals surface area contributed by atoms with Crippen LogP contribution >= 0.6 is 0 Å². The summed E-state index contributed by atoms with van der Waals surface area (Å²) in [4.78, 5) is 3.19. The first-order valence-corrected chi connectivity index (χ1v) is 6.80. The number of aliphatic hydroxyl groups is 1. The van der Waals surface area contributed by atoms with Gasteiger partial charge in [-0.25, -0.2) is 17.5 Å². The van der Waals surface area contributed by atoms with Crippen LogP contribution in [0.3, 0.4) is 0 Å². The van der Waals surface area contributed by atoms with Crippen LogP contribution in [0.25, 0.3) is 0 Å². The molecule has 2 heterocycles. The molecular weight excluding hydrogens is 263 g/mol. The maximum absolute atomic E-state index is 12.9. The van der Waals surface area contributed by atoms with E-state index in [0.717, 1.165) is 18.5 Å². The minimum atomic E-state index is -3.88. The summed E-state index contributed by atoms with van der Waals surface area (Å²) in [6.07, 6.45) is 2.31. The lowest BCUT2D eigenvalue weighted by atomic mass is 10.1. The van der Waals surface area contributed by atoms with Gasteiger partial charge in [0.2, 0.25) is 10.0 Å². The molecule has 1 saturated heterocycles. The molecule has 0 amide bonds. The van der Waals surface area contributed by atoms with Crippen molar-refractivity contribution in [1.82, 2.24) is 9.71 Å². The van der Waals surface area contributed by atoms with Crippen molar-refractivity contribution in [2.45, 2.75) is 16.9 Å². The zero-order valence-corrected chi connectivity index (χ0v) is 10.3. The van der Waals surface area contributed by atoms with Gasteiger partial charge in [-0.2, -0.15) is 0 Å². The molecule has 1 aliphatic heterocycles. The lowest BCUT2D eigenvalue weighted by molar-refractivity contribution is 0.0314. The molecule has 2 rings (SSSR count). The van der Waals surface area contributed by atoms with Crippen molar-refractivity contribution in [1.29, 1.82) is 0 Å². The Labute approximate surface area is 104 Å². The molecule has 1 unspecified atom stereocenters. The fourth-order valence-corrected chi connectivity index (χ4v) is 2.68. The van der Waals surface area contributed by atoms with Crippen LogP contribution in [0.1, 0.15) is 6.42 Å². The van der Waals surface area contributed by atoms with Crippen molar-refractivity contribution in [3.05, 3.63) is 24.3 Å². The lowest BCUT2D eigenvalue weighted by Crippen LogP contribution is -2.43. The van der Waals surface area contributed by atoms with E-state index in [1.165, 1.54) is 0 Å². The van der Waals surface area contributed by atoms with E-state index in [1.54, 1.807) is 0 Å². The van der Waals surface area contributed by atoms with Gasteiger partial charge in [0.15, 0.2) is 0 Å². The highest BCUT2D eigenvalue weighted by Crippen LogP contribution is 2.18. The first-order chi connectivity index (χ1) is 8.41. The van der Waals surface area contributed by atoms with Gasteiger partial charge in [0.25, 0.3) is 0 Å². The Morgan fingerprint density at radius 2 is 2.33 bits per heavy atom. The molecule has 0 bridgehead atoms. The van der Waals surface area contributed by atoms with Gasteiger partial charge in [0.05, 0.1) is 12.8 Å². The van der Waals surface area contributed by atoms with Gasteiger partial charge in [-0.15, -0.1) is 0 Å². The highest BCUT2D eigenvalue weighted by molar-refractivity contribution is 7.89. The number of nitrogens with zero attached hydrogens (tertiary/aromatic N) is 1. The van der Waals surface area contributed by atoms with Crippen LogP contribution < -0.4 is 4.72 Å². The topological polar surface area (TPSA) is 88.5 Å². The number of halogens is 1. The van der Waals surface area contributed by atoms with E-state index in [-0.39, 0.29) is 18.0 Å². The number of aromatic nitrogens is 1. The molecule has 0 spiro atoms. The standard InChI is InChI=1S/C10H13FN2O4S/c11-8-3-9(5-12-4-8)18(15,16)13-6-10(14)1-2-17-7-10/h3-5,13-14H,1-2,6-7H2. The Morgan fingerprint density at radius 1 is 1.56 bits per heavy atom. The molecule has 1 atom stereocenters. The maximum atomic E-state index is 12.9. The van der Waals surface area contributed by atoms with Crippen LogP contribution in [0, 0.1) is 5.82 Å². The number of sulfonamides is 1. The summed E-state index contributed by atoms with van der Waals surface area (Å²) < 4.78 is 43.7. The van der Waals surface area contributed by atoms with Crippen molar-refractivity contribution >= 4 is 10.0 Å². The van der Waals surface area contributed by atoms with Crippen molar-refractivity contribution in [2.24, 2.45) is 0 Å². The van der Waals surface area contributed by atoms with E-state index in [9.17, 15) is 17.9 Å². The Hall–Kier alpha value is -1.09. The molecule has 1 aliphatic rings. The van der Waals surface area contributed by atoms with Crippen LogP contribution in [-0.4, -0.2) is 43.9 Å². The molecule has 1 fully saturated rings. The summed E-state index contributed by atoms with van der Waals surface area (Å²) >= 11 is 0. The number of nitrogens with one attached hydrogen (secondary N) is 1. The highest BCUT2D eigenvalue weighted by Gasteiger charge is 2.33. The number of ether oxygens (including phenoxy) is 1. The maximum Gasteiger partial charge on any atom is 0.242 e. The molecule has 6 nitrogen and oxygen atoms in total. The average molecular weight is 276 g/mol.